The van der Waals surface area contributed by atoms with Crippen molar-refractivity contribution >= 4 is 5.91 Å². The Hall–Kier alpha value is -0.610. The smallest absolute Gasteiger partial charge is 0.240 e. The largest absolute Gasteiger partial charge is 0.381 e. The van der Waals surface area contributed by atoms with Crippen molar-refractivity contribution in [2.24, 2.45) is 5.73 Å². The molecule has 4 heteroatoms. The number of amides is 1. The van der Waals surface area contributed by atoms with Gasteiger partial charge >= 0.3 is 0 Å². The summed E-state index contributed by atoms with van der Waals surface area (Å²) in [5.74, 6) is 0.0594. The number of ether oxygens (including phenoxy) is 1. The van der Waals surface area contributed by atoms with Crippen molar-refractivity contribution in [1.82, 2.24) is 5.32 Å². The molecule has 1 saturated carbocycles. The summed E-state index contributed by atoms with van der Waals surface area (Å²) >= 11 is 0. The Balaban J connectivity index is 1.86. The van der Waals surface area contributed by atoms with Crippen LogP contribution in [0.15, 0.2) is 0 Å². The van der Waals surface area contributed by atoms with Crippen LogP contribution in [-0.4, -0.2) is 30.7 Å². The fraction of sp³-hybridized carbons (Fsp3) is 0.923. The zero-order valence-electron chi connectivity index (χ0n) is 10.5. The third-order valence-corrected chi connectivity index (χ3v) is 3.99. The van der Waals surface area contributed by atoms with Crippen molar-refractivity contribution in [3.63, 3.8) is 0 Å². The van der Waals surface area contributed by atoms with Gasteiger partial charge in [-0.05, 0) is 32.1 Å². The summed E-state index contributed by atoms with van der Waals surface area (Å²) in [6.45, 7) is 1.57. The first-order valence-electron chi connectivity index (χ1n) is 6.88. The summed E-state index contributed by atoms with van der Waals surface area (Å²) in [5, 5.41) is 3.13. The number of carbonyl (C=O) groups is 1. The lowest BCUT2D eigenvalue weighted by Gasteiger charge is -2.33. The highest BCUT2D eigenvalue weighted by molar-refractivity contribution is 5.86. The van der Waals surface area contributed by atoms with E-state index < -0.39 is 5.54 Å². The van der Waals surface area contributed by atoms with Gasteiger partial charge < -0.3 is 15.8 Å². The molecular formula is C13H24N2O2. The van der Waals surface area contributed by atoms with Crippen molar-refractivity contribution in [2.75, 3.05) is 13.2 Å². The summed E-state index contributed by atoms with van der Waals surface area (Å²) in [7, 11) is 0. The second kappa shape index (κ2) is 5.83. The molecule has 2 rings (SSSR count). The Morgan fingerprint density at radius 2 is 1.88 bits per heavy atom. The lowest BCUT2D eigenvalue weighted by Crippen LogP contribution is -2.57. The molecule has 0 radical (unpaired) electrons. The van der Waals surface area contributed by atoms with E-state index in [9.17, 15) is 4.79 Å². The zero-order valence-corrected chi connectivity index (χ0v) is 10.5. The number of rotatable bonds is 2. The van der Waals surface area contributed by atoms with Crippen LogP contribution in [-0.2, 0) is 9.53 Å². The minimum atomic E-state index is -0.606. The van der Waals surface area contributed by atoms with E-state index >= 15 is 0 Å². The van der Waals surface area contributed by atoms with Crippen molar-refractivity contribution in [3.8, 4) is 0 Å². The highest BCUT2D eigenvalue weighted by Gasteiger charge is 2.36. The van der Waals surface area contributed by atoms with Crippen LogP contribution in [0.4, 0.5) is 0 Å². The van der Waals surface area contributed by atoms with Gasteiger partial charge in [0, 0.05) is 19.3 Å². The Morgan fingerprint density at radius 1 is 1.12 bits per heavy atom. The fourth-order valence-electron chi connectivity index (χ4n) is 2.79. The van der Waals surface area contributed by atoms with Crippen molar-refractivity contribution < 1.29 is 9.53 Å². The molecule has 2 fully saturated rings. The highest BCUT2D eigenvalue weighted by Crippen LogP contribution is 2.26. The third kappa shape index (κ3) is 3.42. The van der Waals surface area contributed by atoms with E-state index in [1.165, 1.54) is 6.42 Å². The van der Waals surface area contributed by atoms with E-state index in [-0.39, 0.29) is 11.9 Å². The Bertz CT molecular complexity index is 254. The zero-order chi connectivity index (χ0) is 12.1. The van der Waals surface area contributed by atoms with Gasteiger partial charge in [0.2, 0.25) is 5.91 Å². The molecule has 1 saturated heterocycles. The summed E-state index contributed by atoms with van der Waals surface area (Å²) in [4.78, 5) is 12.2. The van der Waals surface area contributed by atoms with Crippen LogP contribution in [0.3, 0.4) is 0 Å². The maximum absolute atomic E-state index is 12.2. The molecule has 1 atom stereocenters. The SMILES string of the molecule is NC1(C(=O)NC2CCCOCC2)CCCCC1. The lowest BCUT2D eigenvalue weighted by atomic mass is 9.81. The van der Waals surface area contributed by atoms with E-state index in [0.717, 1.165) is 58.2 Å². The topological polar surface area (TPSA) is 64.4 Å². The molecule has 1 aliphatic carbocycles. The maximum Gasteiger partial charge on any atom is 0.240 e. The molecule has 17 heavy (non-hydrogen) atoms. The summed E-state index contributed by atoms with van der Waals surface area (Å²) in [6.07, 6.45) is 8.01. The van der Waals surface area contributed by atoms with E-state index in [2.05, 4.69) is 5.32 Å². The van der Waals surface area contributed by atoms with Crippen LogP contribution < -0.4 is 11.1 Å². The molecule has 0 spiro atoms. The van der Waals surface area contributed by atoms with Gasteiger partial charge in [-0.3, -0.25) is 4.79 Å². The van der Waals surface area contributed by atoms with Crippen LogP contribution in [0.5, 0.6) is 0 Å². The molecule has 1 aliphatic heterocycles. The molecule has 1 heterocycles. The molecule has 98 valence electrons. The molecule has 2 aliphatic rings. The average molecular weight is 240 g/mol. The second-order valence-electron chi connectivity index (χ2n) is 5.43. The van der Waals surface area contributed by atoms with Gasteiger partial charge in [-0.2, -0.15) is 0 Å². The molecule has 4 nitrogen and oxygen atoms in total. The molecule has 0 bridgehead atoms. The molecule has 1 unspecified atom stereocenters. The highest BCUT2D eigenvalue weighted by atomic mass is 16.5. The molecule has 0 aromatic rings. The van der Waals surface area contributed by atoms with E-state index in [4.69, 9.17) is 10.5 Å². The minimum absolute atomic E-state index is 0.0594. The van der Waals surface area contributed by atoms with Crippen LogP contribution in [0.25, 0.3) is 0 Å². The van der Waals surface area contributed by atoms with E-state index in [1.807, 2.05) is 0 Å². The van der Waals surface area contributed by atoms with Crippen molar-refractivity contribution in [1.29, 1.82) is 0 Å². The van der Waals surface area contributed by atoms with Crippen molar-refractivity contribution in [3.05, 3.63) is 0 Å². The van der Waals surface area contributed by atoms with Gasteiger partial charge in [0.25, 0.3) is 0 Å². The fourth-order valence-corrected chi connectivity index (χ4v) is 2.79. The quantitative estimate of drug-likeness (QED) is 0.765. The maximum atomic E-state index is 12.2. The van der Waals surface area contributed by atoms with Gasteiger partial charge in [-0.15, -0.1) is 0 Å². The normalized spacial score (nSPS) is 29.4. The van der Waals surface area contributed by atoms with Crippen LogP contribution in [0.2, 0.25) is 0 Å². The van der Waals surface area contributed by atoms with Crippen LogP contribution in [0, 0.1) is 0 Å². The first-order chi connectivity index (χ1) is 8.21. The number of hydrogen-bond donors (Lipinski definition) is 2. The number of carbonyl (C=O) groups excluding carboxylic acids is 1. The van der Waals surface area contributed by atoms with Crippen LogP contribution in [0.1, 0.15) is 51.4 Å². The Morgan fingerprint density at radius 3 is 2.65 bits per heavy atom. The minimum Gasteiger partial charge on any atom is -0.381 e. The summed E-state index contributed by atoms with van der Waals surface area (Å²) in [6, 6.07) is 0.257. The number of nitrogens with two attached hydrogens (primary N) is 1. The summed E-state index contributed by atoms with van der Waals surface area (Å²) < 4.78 is 5.39. The first kappa shape index (κ1) is 12.8. The van der Waals surface area contributed by atoms with Gasteiger partial charge in [0.15, 0.2) is 0 Å². The molecule has 0 aromatic carbocycles. The van der Waals surface area contributed by atoms with Gasteiger partial charge in [-0.25, -0.2) is 0 Å². The number of hydrogen-bond acceptors (Lipinski definition) is 3. The average Bonchev–Trinajstić information content (AvgIpc) is 2.58. The molecule has 1 amide bonds. The van der Waals surface area contributed by atoms with Crippen LogP contribution >= 0.6 is 0 Å². The molecular weight excluding hydrogens is 216 g/mol. The predicted molar refractivity (Wildman–Crippen MR) is 66.6 cm³/mol. The Labute approximate surface area is 103 Å². The standard InChI is InChI=1S/C13H24N2O2/c14-13(7-2-1-3-8-13)12(16)15-11-5-4-9-17-10-6-11/h11H,1-10,14H2,(H,15,16). The molecule has 3 N–H and O–H groups in total. The predicted octanol–water partition coefficient (Wildman–Crippen LogP) is 1.33. The van der Waals surface area contributed by atoms with Gasteiger partial charge in [0.05, 0.1) is 5.54 Å². The van der Waals surface area contributed by atoms with E-state index in [0.29, 0.717) is 0 Å². The van der Waals surface area contributed by atoms with Crippen molar-refractivity contribution in [2.45, 2.75) is 62.9 Å². The number of nitrogens with one attached hydrogen (secondary N) is 1. The lowest BCUT2D eigenvalue weighted by molar-refractivity contribution is -0.128. The van der Waals surface area contributed by atoms with Gasteiger partial charge in [-0.1, -0.05) is 19.3 Å². The Kier molecular flexibility index (Phi) is 4.40. The molecule has 0 aromatic heterocycles. The second-order valence-corrected chi connectivity index (χ2v) is 5.43. The summed E-state index contributed by atoms with van der Waals surface area (Å²) in [5.41, 5.74) is 5.61. The third-order valence-electron chi connectivity index (χ3n) is 3.99. The first-order valence-corrected chi connectivity index (χ1v) is 6.88. The van der Waals surface area contributed by atoms with E-state index in [1.54, 1.807) is 0 Å². The monoisotopic (exact) mass is 240 g/mol. The van der Waals surface area contributed by atoms with Gasteiger partial charge in [0.1, 0.15) is 0 Å².